The zero-order chi connectivity index (χ0) is 18.8. The SMILES string of the molecule is CCN1CCN(c2ccc(OC)cc2)C(C2OCCc3ccc(C)cc32)C1. The number of aryl methyl sites for hydroxylation is 1. The Morgan fingerprint density at radius 1 is 1.11 bits per heavy atom. The molecule has 0 radical (unpaired) electrons. The highest BCUT2D eigenvalue weighted by molar-refractivity contribution is 5.52. The van der Waals surface area contributed by atoms with Gasteiger partial charge in [-0.1, -0.05) is 30.7 Å². The first-order chi connectivity index (χ1) is 13.2. The Kier molecular flexibility index (Phi) is 5.37. The summed E-state index contributed by atoms with van der Waals surface area (Å²) in [6.45, 7) is 9.45. The normalized spacial score (nSPS) is 23.1. The quantitative estimate of drug-likeness (QED) is 0.821. The number of hydrogen-bond acceptors (Lipinski definition) is 4. The predicted octanol–water partition coefficient (Wildman–Crippen LogP) is 3.83. The third-order valence-corrected chi connectivity index (χ3v) is 5.98. The topological polar surface area (TPSA) is 24.9 Å². The van der Waals surface area contributed by atoms with Gasteiger partial charge in [0, 0.05) is 25.3 Å². The van der Waals surface area contributed by atoms with E-state index >= 15 is 0 Å². The van der Waals surface area contributed by atoms with E-state index < -0.39 is 0 Å². The minimum absolute atomic E-state index is 0.116. The van der Waals surface area contributed by atoms with Gasteiger partial charge < -0.3 is 14.4 Å². The van der Waals surface area contributed by atoms with Gasteiger partial charge in [-0.2, -0.15) is 0 Å². The molecule has 4 nitrogen and oxygen atoms in total. The van der Waals surface area contributed by atoms with Gasteiger partial charge in [0.15, 0.2) is 0 Å². The van der Waals surface area contributed by atoms with Gasteiger partial charge in [-0.25, -0.2) is 0 Å². The van der Waals surface area contributed by atoms with Gasteiger partial charge in [-0.15, -0.1) is 0 Å². The average Bonchev–Trinajstić information content (AvgIpc) is 2.73. The standard InChI is InChI=1S/C23H30N2O2/c1-4-24-12-13-25(19-7-9-20(26-3)10-8-19)22(16-24)23-21-15-17(2)5-6-18(21)11-14-27-23/h5-10,15,22-23H,4,11-14,16H2,1-3H3. The van der Waals surface area contributed by atoms with E-state index in [4.69, 9.17) is 9.47 Å². The molecule has 1 saturated heterocycles. The Morgan fingerprint density at radius 2 is 1.93 bits per heavy atom. The lowest BCUT2D eigenvalue weighted by Crippen LogP contribution is -2.56. The van der Waals surface area contributed by atoms with Crippen LogP contribution in [0.2, 0.25) is 0 Å². The van der Waals surface area contributed by atoms with Crippen LogP contribution in [-0.2, 0) is 11.2 Å². The van der Waals surface area contributed by atoms with Crippen molar-refractivity contribution in [3.63, 3.8) is 0 Å². The van der Waals surface area contributed by atoms with Crippen LogP contribution in [-0.4, -0.2) is 50.8 Å². The number of benzene rings is 2. The molecule has 0 N–H and O–H groups in total. The second kappa shape index (κ2) is 7.91. The molecule has 144 valence electrons. The Bertz CT molecular complexity index is 774. The van der Waals surface area contributed by atoms with E-state index in [0.29, 0.717) is 6.04 Å². The number of ether oxygens (including phenoxy) is 2. The molecule has 0 aliphatic carbocycles. The summed E-state index contributed by atoms with van der Waals surface area (Å²) in [4.78, 5) is 5.08. The van der Waals surface area contributed by atoms with Gasteiger partial charge in [0.2, 0.25) is 0 Å². The summed E-state index contributed by atoms with van der Waals surface area (Å²) in [5.74, 6) is 0.900. The number of piperazine rings is 1. The highest BCUT2D eigenvalue weighted by Crippen LogP contribution is 2.36. The van der Waals surface area contributed by atoms with Crippen LogP contribution in [0.3, 0.4) is 0 Å². The van der Waals surface area contributed by atoms with Crippen molar-refractivity contribution in [2.75, 3.05) is 44.8 Å². The van der Waals surface area contributed by atoms with Crippen molar-refractivity contribution in [2.24, 2.45) is 0 Å². The molecule has 2 aromatic rings. The van der Waals surface area contributed by atoms with Gasteiger partial charge in [0.1, 0.15) is 11.9 Å². The summed E-state index contributed by atoms with van der Waals surface area (Å²) in [6.07, 6.45) is 1.13. The number of fused-ring (bicyclic) bond motifs is 1. The third-order valence-electron chi connectivity index (χ3n) is 5.98. The Labute approximate surface area is 162 Å². The molecule has 0 amide bonds. The molecule has 1 fully saturated rings. The second-order valence-electron chi connectivity index (χ2n) is 7.60. The largest absolute Gasteiger partial charge is 0.497 e. The van der Waals surface area contributed by atoms with Gasteiger partial charge in [0.25, 0.3) is 0 Å². The molecule has 27 heavy (non-hydrogen) atoms. The first-order valence-electron chi connectivity index (χ1n) is 10.0. The molecule has 4 heteroatoms. The molecule has 2 aliphatic heterocycles. The van der Waals surface area contributed by atoms with Crippen LogP contribution in [0.1, 0.15) is 29.7 Å². The van der Waals surface area contributed by atoms with Crippen molar-refractivity contribution in [3.05, 3.63) is 59.2 Å². The van der Waals surface area contributed by atoms with Gasteiger partial charge in [0.05, 0.1) is 19.8 Å². The average molecular weight is 367 g/mol. The molecule has 2 atom stereocenters. The summed E-state index contributed by atoms with van der Waals surface area (Å²) in [5, 5.41) is 0. The molecule has 0 aromatic heterocycles. The van der Waals surface area contributed by atoms with E-state index in [1.165, 1.54) is 22.4 Å². The van der Waals surface area contributed by atoms with Gasteiger partial charge >= 0.3 is 0 Å². The minimum atomic E-state index is 0.116. The number of nitrogens with zero attached hydrogens (tertiary/aromatic N) is 2. The molecule has 4 rings (SSSR count). The lowest BCUT2D eigenvalue weighted by Gasteiger charge is -2.47. The first kappa shape index (κ1) is 18.3. The highest BCUT2D eigenvalue weighted by Gasteiger charge is 2.37. The highest BCUT2D eigenvalue weighted by atomic mass is 16.5. The van der Waals surface area contributed by atoms with Gasteiger partial charge in [-0.05, 0) is 55.3 Å². The Balaban J connectivity index is 1.69. The van der Waals surface area contributed by atoms with Crippen molar-refractivity contribution in [3.8, 4) is 5.75 Å². The Hall–Kier alpha value is -2.04. The van der Waals surface area contributed by atoms with Crippen molar-refractivity contribution in [2.45, 2.75) is 32.4 Å². The van der Waals surface area contributed by atoms with Crippen LogP contribution in [0.5, 0.6) is 5.75 Å². The maximum atomic E-state index is 6.40. The molecule has 0 bridgehead atoms. The number of likely N-dealkylation sites (N-methyl/N-ethyl adjacent to an activating group) is 1. The fraction of sp³-hybridized carbons (Fsp3) is 0.478. The zero-order valence-electron chi connectivity index (χ0n) is 16.6. The van der Waals surface area contributed by atoms with E-state index in [1.807, 2.05) is 0 Å². The summed E-state index contributed by atoms with van der Waals surface area (Å²) in [7, 11) is 1.72. The monoisotopic (exact) mass is 366 g/mol. The van der Waals surface area contributed by atoms with Crippen LogP contribution in [0.15, 0.2) is 42.5 Å². The summed E-state index contributed by atoms with van der Waals surface area (Å²) < 4.78 is 11.7. The summed E-state index contributed by atoms with van der Waals surface area (Å²) in [6, 6.07) is 15.6. The van der Waals surface area contributed by atoms with E-state index in [-0.39, 0.29) is 6.10 Å². The molecule has 0 spiro atoms. The van der Waals surface area contributed by atoms with Gasteiger partial charge in [-0.3, -0.25) is 4.90 Å². The smallest absolute Gasteiger partial charge is 0.119 e. The molecule has 2 unspecified atom stereocenters. The number of rotatable bonds is 4. The zero-order valence-corrected chi connectivity index (χ0v) is 16.6. The number of hydrogen-bond donors (Lipinski definition) is 0. The lowest BCUT2D eigenvalue weighted by atomic mass is 9.89. The molecule has 2 aliphatic rings. The van der Waals surface area contributed by atoms with Crippen molar-refractivity contribution in [1.29, 1.82) is 0 Å². The second-order valence-corrected chi connectivity index (χ2v) is 7.60. The first-order valence-corrected chi connectivity index (χ1v) is 10.0. The third kappa shape index (κ3) is 3.69. The molecule has 2 heterocycles. The summed E-state index contributed by atoms with van der Waals surface area (Å²) in [5.41, 5.74) is 5.38. The summed E-state index contributed by atoms with van der Waals surface area (Å²) >= 11 is 0. The van der Waals surface area contributed by atoms with E-state index in [2.05, 4.69) is 66.1 Å². The molecule has 2 aromatic carbocycles. The number of methoxy groups -OCH3 is 1. The predicted molar refractivity (Wildman–Crippen MR) is 110 cm³/mol. The van der Waals surface area contributed by atoms with Crippen LogP contribution < -0.4 is 9.64 Å². The number of anilines is 1. The van der Waals surface area contributed by atoms with Crippen molar-refractivity contribution in [1.82, 2.24) is 4.90 Å². The van der Waals surface area contributed by atoms with E-state index in [0.717, 1.165) is 45.0 Å². The minimum Gasteiger partial charge on any atom is -0.497 e. The van der Waals surface area contributed by atoms with E-state index in [1.54, 1.807) is 7.11 Å². The lowest BCUT2D eigenvalue weighted by molar-refractivity contribution is 0.00756. The van der Waals surface area contributed by atoms with E-state index in [9.17, 15) is 0 Å². The van der Waals surface area contributed by atoms with Crippen molar-refractivity contribution >= 4 is 5.69 Å². The fourth-order valence-corrected chi connectivity index (χ4v) is 4.42. The van der Waals surface area contributed by atoms with Crippen LogP contribution in [0, 0.1) is 6.92 Å². The maximum Gasteiger partial charge on any atom is 0.119 e. The maximum absolute atomic E-state index is 6.40. The Morgan fingerprint density at radius 3 is 2.67 bits per heavy atom. The van der Waals surface area contributed by atoms with Crippen molar-refractivity contribution < 1.29 is 9.47 Å². The van der Waals surface area contributed by atoms with Crippen LogP contribution in [0.25, 0.3) is 0 Å². The van der Waals surface area contributed by atoms with Crippen LogP contribution in [0.4, 0.5) is 5.69 Å². The molecule has 0 saturated carbocycles. The molecular formula is C23H30N2O2. The fourth-order valence-electron chi connectivity index (χ4n) is 4.42. The molecular weight excluding hydrogens is 336 g/mol. The van der Waals surface area contributed by atoms with Crippen LogP contribution >= 0.6 is 0 Å².